The van der Waals surface area contributed by atoms with E-state index in [-0.39, 0.29) is 6.54 Å². The molecule has 0 aliphatic carbocycles. The highest BCUT2D eigenvalue weighted by Crippen LogP contribution is 2.34. The second-order valence-corrected chi connectivity index (χ2v) is 6.42. The molecule has 138 valence electrons. The van der Waals surface area contributed by atoms with E-state index in [0.717, 1.165) is 28.0 Å². The van der Waals surface area contributed by atoms with Crippen molar-refractivity contribution in [2.24, 2.45) is 0 Å². The number of hydrogen-bond donors (Lipinski definition) is 1. The van der Waals surface area contributed by atoms with Crippen LogP contribution in [0.15, 0.2) is 78.9 Å². The fourth-order valence-corrected chi connectivity index (χ4v) is 2.93. The maximum atomic E-state index is 10.8. The number of aliphatic carboxylic acids is 1. The molecule has 27 heavy (non-hydrogen) atoms. The standard InChI is InChI=1S/C23H23NO3/c1-24(17-23(25)26)14-15-27-22-16-20(18-8-4-2-5-9-18)12-13-21(22)19-10-6-3-7-11-19/h2-13,16H,14-15,17H2,1H3,(H,25,26). The van der Waals surface area contributed by atoms with Gasteiger partial charge in [-0.1, -0.05) is 72.8 Å². The Hall–Kier alpha value is -3.11. The van der Waals surface area contributed by atoms with Gasteiger partial charge in [0.05, 0.1) is 6.54 Å². The zero-order chi connectivity index (χ0) is 19.1. The van der Waals surface area contributed by atoms with Gasteiger partial charge in [-0.3, -0.25) is 9.69 Å². The summed E-state index contributed by atoms with van der Waals surface area (Å²) in [6, 6.07) is 26.5. The molecule has 0 spiro atoms. The average Bonchev–Trinajstić information content (AvgIpc) is 2.69. The van der Waals surface area contributed by atoms with Crippen LogP contribution in [0, 0.1) is 0 Å². The summed E-state index contributed by atoms with van der Waals surface area (Å²) in [7, 11) is 1.77. The van der Waals surface area contributed by atoms with Gasteiger partial charge in [0.1, 0.15) is 12.4 Å². The van der Waals surface area contributed by atoms with Crippen LogP contribution in [-0.4, -0.2) is 42.7 Å². The zero-order valence-corrected chi connectivity index (χ0v) is 15.3. The van der Waals surface area contributed by atoms with Gasteiger partial charge in [0.2, 0.25) is 0 Å². The van der Waals surface area contributed by atoms with Crippen LogP contribution in [0.2, 0.25) is 0 Å². The third kappa shape index (κ3) is 5.19. The molecule has 4 heteroatoms. The van der Waals surface area contributed by atoms with Crippen LogP contribution in [0.4, 0.5) is 0 Å². The highest BCUT2D eigenvalue weighted by Gasteiger charge is 2.10. The predicted octanol–water partition coefficient (Wildman–Crippen LogP) is 4.42. The van der Waals surface area contributed by atoms with Gasteiger partial charge >= 0.3 is 5.97 Å². The number of likely N-dealkylation sites (N-methyl/N-ethyl adjacent to an activating group) is 1. The number of carboxylic acid groups (broad SMARTS) is 1. The average molecular weight is 361 g/mol. The molecule has 0 aliphatic heterocycles. The van der Waals surface area contributed by atoms with E-state index in [1.165, 1.54) is 0 Å². The summed E-state index contributed by atoms with van der Waals surface area (Å²) in [6.45, 7) is 0.955. The number of hydrogen-bond acceptors (Lipinski definition) is 3. The largest absolute Gasteiger partial charge is 0.492 e. The quantitative estimate of drug-likeness (QED) is 0.645. The van der Waals surface area contributed by atoms with Crippen molar-refractivity contribution in [3.8, 4) is 28.0 Å². The third-order valence-electron chi connectivity index (χ3n) is 4.31. The van der Waals surface area contributed by atoms with Crippen LogP contribution in [-0.2, 0) is 4.79 Å². The summed E-state index contributed by atoms with van der Waals surface area (Å²) >= 11 is 0. The van der Waals surface area contributed by atoms with Crippen molar-refractivity contribution < 1.29 is 14.6 Å². The Kier molecular flexibility index (Phi) is 6.23. The van der Waals surface area contributed by atoms with Gasteiger partial charge < -0.3 is 9.84 Å². The number of rotatable bonds is 8. The number of nitrogens with zero attached hydrogens (tertiary/aromatic N) is 1. The predicted molar refractivity (Wildman–Crippen MR) is 108 cm³/mol. The Bertz CT molecular complexity index is 879. The molecule has 3 aromatic rings. The minimum Gasteiger partial charge on any atom is -0.492 e. The summed E-state index contributed by atoms with van der Waals surface area (Å²) < 4.78 is 6.07. The molecule has 0 saturated carbocycles. The van der Waals surface area contributed by atoms with Gasteiger partial charge in [-0.25, -0.2) is 0 Å². The maximum Gasteiger partial charge on any atom is 0.317 e. The minimum atomic E-state index is -0.839. The van der Waals surface area contributed by atoms with Gasteiger partial charge in [-0.05, 0) is 29.8 Å². The first-order valence-corrected chi connectivity index (χ1v) is 8.91. The Morgan fingerprint density at radius 2 is 1.52 bits per heavy atom. The molecule has 3 rings (SSSR count). The van der Waals surface area contributed by atoms with Crippen molar-refractivity contribution in [1.29, 1.82) is 0 Å². The summed E-state index contributed by atoms with van der Waals surface area (Å²) in [6.07, 6.45) is 0. The van der Waals surface area contributed by atoms with Crippen LogP contribution >= 0.6 is 0 Å². The van der Waals surface area contributed by atoms with E-state index in [9.17, 15) is 4.79 Å². The highest BCUT2D eigenvalue weighted by atomic mass is 16.5. The van der Waals surface area contributed by atoms with Crippen molar-refractivity contribution in [3.05, 3.63) is 78.9 Å². The molecule has 0 radical (unpaired) electrons. The maximum absolute atomic E-state index is 10.8. The van der Waals surface area contributed by atoms with Gasteiger partial charge in [-0.2, -0.15) is 0 Å². The first-order valence-electron chi connectivity index (χ1n) is 8.91. The van der Waals surface area contributed by atoms with E-state index in [1.807, 2.05) is 36.4 Å². The molecule has 0 aromatic heterocycles. The topological polar surface area (TPSA) is 49.8 Å². The second kappa shape index (κ2) is 9.01. The number of carbonyl (C=O) groups is 1. The van der Waals surface area contributed by atoms with Gasteiger partial charge in [0, 0.05) is 12.1 Å². The van der Waals surface area contributed by atoms with Gasteiger partial charge in [-0.15, -0.1) is 0 Å². The summed E-state index contributed by atoms with van der Waals surface area (Å²) in [5.74, 6) is -0.0418. The van der Waals surface area contributed by atoms with Gasteiger partial charge in [0.15, 0.2) is 0 Å². The van der Waals surface area contributed by atoms with Crippen molar-refractivity contribution in [2.75, 3.05) is 26.7 Å². The van der Waals surface area contributed by atoms with Gasteiger partial charge in [0.25, 0.3) is 0 Å². The second-order valence-electron chi connectivity index (χ2n) is 6.42. The lowest BCUT2D eigenvalue weighted by atomic mass is 9.99. The van der Waals surface area contributed by atoms with Crippen molar-refractivity contribution in [3.63, 3.8) is 0 Å². The third-order valence-corrected chi connectivity index (χ3v) is 4.31. The van der Waals surface area contributed by atoms with E-state index < -0.39 is 5.97 Å². The van der Waals surface area contributed by atoms with Crippen LogP contribution in [0.3, 0.4) is 0 Å². The lowest BCUT2D eigenvalue weighted by molar-refractivity contribution is -0.138. The molecule has 0 unspecified atom stereocenters. The molecular formula is C23H23NO3. The summed E-state index contributed by atoms with van der Waals surface area (Å²) in [4.78, 5) is 12.5. The molecule has 0 fully saturated rings. The van der Waals surface area contributed by atoms with Crippen molar-refractivity contribution in [2.45, 2.75) is 0 Å². The van der Waals surface area contributed by atoms with Crippen LogP contribution in [0.5, 0.6) is 5.75 Å². The van der Waals surface area contributed by atoms with E-state index >= 15 is 0 Å². The SMILES string of the molecule is CN(CCOc1cc(-c2ccccc2)ccc1-c1ccccc1)CC(=O)O. The van der Waals surface area contributed by atoms with E-state index in [4.69, 9.17) is 9.84 Å². The lowest BCUT2D eigenvalue weighted by Crippen LogP contribution is -2.29. The molecule has 0 atom stereocenters. The number of ether oxygens (including phenoxy) is 1. The Balaban J connectivity index is 1.84. The molecule has 0 bridgehead atoms. The molecule has 1 N–H and O–H groups in total. The van der Waals surface area contributed by atoms with Crippen LogP contribution < -0.4 is 4.74 Å². The normalized spacial score (nSPS) is 10.7. The number of carboxylic acids is 1. The van der Waals surface area contributed by atoms with Crippen molar-refractivity contribution >= 4 is 5.97 Å². The molecule has 0 heterocycles. The zero-order valence-electron chi connectivity index (χ0n) is 15.3. The fraction of sp³-hybridized carbons (Fsp3) is 0.174. The summed E-state index contributed by atoms with van der Waals surface area (Å²) in [5, 5.41) is 8.87. The van der Waals surface area contributed by atoms with E-state index in [1.54, 1.807) is 11.9 Å². The minimum absolute atomic E-state index is 0.00103. The molecule has 0 aliphatic rings. The highest BCUT2D eigenvalue weighted by molar-refractivity contribution is 5.76. The lowest BCUT2D eigenvalue weighted by Gasteiger charge is -2.17. The monoisotopic (exact) mass is 361 g/mol. The first-order chi connectivity index (χ1) is 13.1. The van der Waals surface area contributed by atoms with Crippen LogP contribution in [0.25, 0.3) is 22.3 Å². The molecule has 0 saturated heterocycles. The smallest absolute Gasteiger partial charge is 0.317 e. The molecule has 3 aromatic carbocycles. The Morgan fingerprint density at radius 3 is 2.15 bits per heavy atom. The van der Waals surface area contributed by atoms with E-state index in [2.05, 4.69) is 42.5 Å². The molecular weight excluding hydrogens is 338 g/mol. The Labute approximate surface area is 159 Å². The number of benzene rings is 3. The van der Waals surface area contributed by atoms with Crippen molar-refractivity contribution in [1.82, 2.24) is 4.90 Å². The molecule has 0 amide bonds. The van der Waals surface area contributed by atoms with Crippen LogP contribution in [0.1, 0.15) is 0 Å². The van der Waals surface area contributed by atoms with E-state index in [0.29, 0.717) is 13.2 Å². The first kappa shape index (κ1) is 18.7. The Morgan fingerprint density at radius 1 is 0.889 bits per heavy atom. The molecule has 4 nitrogen and oxygen atoms in total. The fourth-order valence-electron chi connectivity index (χ4n) is 2.93. The summed E-state index contributed by atoms with van der Waals surface area (Å²) in [5.41, 5.74) is 4.33.